The molecule has 6 nitrogen and oxygen atoms in total. The Kier molecular flexibility index (Phi) is 5.82. The summed E-state index contributed by atoms with van der Waals surface area (Å²) in [6.07, 6.45) is -1.59. The van der Waals surface area contributed by atoms with Crippen LogP contribution in [-0.2, 0) is 17.4 Å². The molecule has 1 aliphatic rings. The predicted molar refractivity (Wildman–Crippen MR) is 99.3 cm³/mol. The molecule has 152 valence electrons. The van der Waals surface area contributed by atoms with E-state index in [0.29, 0.717) is 25.2 Å². The molecule has 1 amide bonds. The smallest absolute Gasteiger partial charge is 0.416 e. The van der Waals surface area contributed by atoms with Crippen LogP contribution in [0.3, 0.4) is 0 Å². The Balaban J connectivity index is 1.83. The molecule has 0 aliphatic carbocycles. The second kappa shape index (κ2) is 8.31. The number of hydrazine groups is 1. The van der Waals surface area contributed by atoms with Crippen LogP contribution in [0, 0.1) is 11.5 Å². The first kappa shape index (κ1) is 20.3. The summed E-state index contributed by atoms with van der Waals surface area (Å²) in [5.74, 6) is -0.264. The van der Waals surface area contributed by atoms with E-state index in [4.69, 9.17) is 0 Å². The minimum Gasteiger partial charge on any atom is -0.508 e. The highest BCUT2D eigenvalue weighted by molar-refractivity contribution is 5.85. The van der Waals surface area contributed by atoms with Gasteiger partial charge in [-0.15, -0.1) is 0 Å². The van der Waals surface area contributed by atoms with Crippen LogP contribution in [0.5, 0.6) is 5.75 Å². The summed E-state index contributed by atoms with van der Waals surface area (Å²) < 4.78 is 38.3. The second-order valence-corrected chi connectivity index (χ2v) is 6.68. The van der Waals surface area contributed by atoms with Gasteiger partial charge in [-0.25, -0.2) is 10.0 Å². The molecule has 0 saturated carbocycles. The Morgan fingerprint density at radius 3 is 2.38 bits per heavy atom. The molecule has 1 saturated heterocycles. The minimum atomic E-state index is -4.44. The lowest BCUT2D eigenvalue weighted by molar-refractivity contribution is -0.140. The van der Waals surface area contributed by atoms with E-state index < -0.39 is 17.8 Å². The monoisotopic (exact) mass is 404 g/mol. The number of alkyl halides is 3. The molecule has 1 fully saturated rings. The molecule has 0 aromatic heterocycles. The van der Waals surface area contributed by atoms with Crippen LogP contribution < -0.4 is 5.32 Å². The highest BCUT2D eigenvalue weighted by atomic mass is 19.4. The number of anilines is 1. The molecule has 29 heavy (non-hydrogen) atoms. The molecule has 9 heteroatoms. The van der Waals surface area contributed by atoms with E-state index in [9.17, 15) is 28.3 Å². The van der Waals surface area contributed by atoms with Crippen molar-refractivity contribution in [2.75, 3.05) is 18.4 Å². The van der Waals surface area contributed by atoms with E-state index >= 15 is 0 Å². The summed E-state index contributed by atoms with van der Waals surface area (Å²) in [5, 5.41) is 24.3. The highest BCUT2D eigenvalue weighted by Crippen LogP contribution is 2.30. The van der Waals surface area contributed by atoms with Crippen molar-refractivity contribution in [3.05, 3.63) is 59.7 Å². The molecule has 0 radical (unpaired) electrons. The minimum absolute atomic E-state index is 0.0857. The third-order valence-corrected chi connectivity index (χ3v) is 4.63. The maximum atomic E-state index is 13.1. The molecule has 2 aromatic carbocycles. The zero-order valence-electron chi connectivity index (χ0n) is 15.4. The van der Waals surface area contributed by atoms with Gasteiger partial charge in [0.25, 0.3) is 5.91 Å². The number of benzene rings is 2. The van der Waals surface area contributed by atoms with Gasteiger partial charge in [0.2, 0.25) is 0 Å². The summed E-state index contributed by atoms with van der Waals surface area (Å²) in [4.78, 5) is 13.1. The molecule has 2 aromatic rings. The van der Waals surface area contributed by atoms with Crippen molar-refractivity contribution in [2.24, 2.45) is 0 Å². The molecule has 1 aliphatic heterocycles. The van der Waals surface area contributed by atoms with Crippen LogP contribution in [-0.4, -0.2) is 40.2 Å². The fourth-order valence-electron chi connectivity index (χ4n) is 3.15. The second-order valence-electron chi connectivity index (χ2n) is 6.68. The van der Waals surface area contributed by atoms with E-state index in [1.54, 1.807) is 12.1 Å². The third-order valence-electron chi connectivity index (χ3n) is 4.63. The molecular weight excluding hydrogens is 385 g/mol. The highest BCUT2D eigenvalue weighted by Gasteiger charge is 2.33. The summed E-state index contributed by atoms with van der Waals surface area (Å²) in [6.45, 7) is 0.835. The first-order chi connectivity index (χ1) is 13.8. The van der Waals surface area contributed by atoms with E-state index in [0.717, 1.165) is 17.7 Å². The molecular formula is C20H19F3N4O2. The van der Waals surface area contributed by atoms with Crippen molar-refractivity contribution in [1.29, 1.82) is 5.26 Å². The van der Waals surface area contributed by atoms with Gasteiger partial charge in [-0.05, 0) is 48.4 Å². The van der Waals surface area contributed by atoms with E-state index in [-0.39, 0.29) is 18.1 Å². The normalized spacial score (nSPS) is 15.1. The molecule has 0 bridgehead atoms. The number of nitrogens with zero attached hydrogens (tertiary/aromatic N) is 3. The van der Waals surface area contributed by atoms with Gasteiger partial charge >= 0.3 is 6.18 Å². The molecule has 0 spiro atoms. The number of carbonyl (C=O) groups excluding carboxylic acids is 1. The van der Waals surface area contributed by atoms with Gasteiger partial charge < -0.3 is 10.4 Å². The summed E-state index contributed by atoms with van der Waals surface area (Å²) in [5.41, 5.74) is 0.334. The number of phenols is 1. The Morgan fingerprint density at radius 2 is 1.79 bits per heavy atom. The average Bonchev–Trinajstić information content (AvgIpc) is 3.17. The van der Waals surface area contributed by atoms with Crippen molar-refractivity contribution >= 4 is 11.6 Å². The predicted octanol–water partition coefficient (Wildman–Crippen LogP) is 3.36. The van der Waals surface area contributed by atoms with Gasteiger partial charge in [-0.2, -0.15) is 18.4 Å². The summed E-state index contributed by atoms with van der Waals surface area (Å²) >= 11 is 0. The van der Waals surface area contributed by atoms with Crippen LogP contribution >= 0.6 is 0 Å². The lowest BCUT2D eigenvalue weighted by Gasteiger charge is -2.28. The molecule has 1 atom stereocenters. The van der Waals surface area contributed by atoms with Crippen LogP contribution in [0.1, 0.15) is 17.5 Å². The maximum Gasteiger partial charge on any atom is 0.416 e. The fraction of sp³-hybridized carbons (Fsp3) is 0.300. The Hall–Kier alpha value is -3.41. The lowest BCUT2D eigenvalue weighted by Crippen LogP contribution is -2.47. The van der Waals surface area contributed by atoms with Gasteiger partial charge in [0.15, 0.2) is 6.19 Å². The number of halogens is 3. The van der Waals surface area contributed by atoms with Gasteiger partial charge in [-0.3, -0.25) is 4.79 Å². The van der Waals surface area contributed by atoms with Crippen LogP contribution in [0.15, 0.2) is 48.5 Å². The largest absolute Gasteiger partial charge is 0.508 e. The van der Waals surface area contributed by atoms with Crippen molar-refractivity contribution in [3.8, 4) is 11.9 Å². The first-order valence-corrected chi connectivity index (χ1v) is 8.98. The van der Waals surface area contributed by atoms with Crippen molar-refractivity contribution in [1.82, 2.24) is 10.0 Å². The zero-order valence-corrected chi connectivity index (χ0v) is 15.4. The van der Waals surface area contributed by atoms with Crippen molar-refractivity contribution in [2.45, 2.75) is 25.1 Å². The number of rotatable bonds is 5. The van der Waals surface area contributed by atoms with E-state index in [1.165, 1.54) is 34.3 Å². The molecule has 3 rings (SSSR count). The van der Waals surface area contributed by atoms with Gasteiger partial charge in [-0.1, -0.05) is 12.1 Å². The Morgan fingerprint density at radius 1 is 1.14 bits per heavy atom. The lowest BCUT2D eigenvalue weighted by atomic mass is 10.0. The van der Waals surface area contributed by atoms with Crippen LogP contribution in [0.25, 0.3) is 0 Å². The zero-order chi connectivity index (χ0) is 21.0. The van der Waals surface area contributed by atoms with E-state index in [2.05, 4.69) is 5.32 Å². The Bertz CT molecular complexity index is 892. The van der Waals surface area contributed by atoms with Crippen molar-refractivity contribution in [3.63, 3.8) is 0 Å². The van der Waals surface area contributed by atoms with Crippen molar-refractivity contribution < 1.29 is 23.1 Å². The number of nitrogens with one attached hydrogen (secondary N) is 1. The van der Waals surface area contributed by atoms with Gasteiger partial charge in [0.05, 0.1) is 12.1 Å². The fourth-order valence-corrected chi connectivity index (χ4v) is 3.15. The molecule has 2 N–H and O–H groups in total. The number of aromatic hydroxyl groups is 1. The van der Waals surface area contributed by atoms with Crippen LogP contribution in [0.4, 0.5) is 18.9 Å². The average molecular weight is 404 g/mol. The number of carbonyl (C=O) groups is 1. The number of amides is 1. The number of hydrogen-bond donors (Lipinski definition) is 2. The third kappa shape index (κ3) is 4.90. The summed E-state index contributed by atoms with van der Waals surface area (Å²) in [7, 11) is 0. The molecule has 1 heterocycles. The summed E-state index contributed by atoms with van der Waals surface area (Å²) in [6, 6.07) is 9.94. The molecule has 1 unspecified atom stereocenters. The standard InChI is InChI=1S/C20H19F3N4O2/c21-20(22,23)15-4-6-16(7-5-15)25-18(12-14-2-8-17(28)9-3-14)19(29)27-11-1-10-26(27)13-24/h2-9,18,25,28H,1,10-12H2. The number of nitriles is 1. The van der Waals surface area contributed by atoms with Gasteiger partial charge in [0, 0.05) is 18.7 Å². The topological polar surface area (TPSA) is 79.6 Å². The SMILES string of the molecule is N#CN1CCCN1C(=O)C(Cc1ccc(O)cc1)Nc1ccc(C(F)(F)F)cc1. The Labute approximate surface area is 165 Å². The van der Waals surface area contributed by atoms with Gasteiger partial charge in [0.1, 0.15) is 11.8 Å². The number of phenolic OH excluding ortho intramolecular Hbond substituents is 1. The first-order valence-electron chi connectivity index (χ1n) is 8.98. The maximum absolute atomic E-state index is 13.1. The van der Waals surface area contributed by atoms with Crippen LogP contribution in [0.2, 0.25) is 0 Å². The quantitative estimate of drug-likeness (QED) is 0.747. The van der Waals surface area contributed by atoms with E-state index in [1.807, 2.05) is 6.19 Å². The number of hydrogen-bond acceptors (Lipinski definition) is 5.